The maximum Gasteiger partial charge on any atom is 0.416 e. The molecule has 12 heavy (non-hydrogen) atoms. The van der Waals surface area contributed by atoms with E-state index in [9.17, 15) is 13.2 Å². The average Bonchev–Trinajstić information content (AvgIpc) is 2.03. The Morgan fingerprint density at radius 1 is 1.25 bits per heavy atom. The van der Waals surface area contributed by atoms with Crippen molar-refractivity contribution in [1.29, 1.82) is 0 Å². The van der Waals surface area contributed by atoms with Crippen LogP contribution in [0.1, 0.15) is 5.56 Å². The highest BCUT2D eigenvalue weighted by Crippen LogP contribution is 2.31. The SMILES string of the molecule is [CH2-][OH+]c1cccc(C(F)(F)F)c1. The van der Waals surface area contributed by atoms with Gasteiger partial charge in [-0.25, -0.2) is 0 Å². The van der Waals surface area contributed by atoms with Gasteiger partial charge in [-0.05, 0) is 13.2 Å². The van der Waals surface area contributed by atoms with Gasteiger partial charge in [0, 0.05) is 12.1 Å². The Labute approximate surface area is 67.8 Å². The molecule has 0 radical (unpaired) electrons. The van der Waals surface area contributed by atoms with E-state index in [0.29, 0.717) is 0 Å². The van der Waals surface area contributed by atoms with Gasteiger partial charge in [-0.2, -0.15) is 13.2 Å². The highest BCUT2D eigenvalue weighted by molar-refractivity contribution is 5.29. The standard InChI is InChI=1S/C8H7F3O/c1-12-7-4-2-3-6(5-7)8(9,10)11/h2-5,12H,1H2. The van der Waals surface area contributed by atoms with Crippen LogP contribution in [0.3, 0.4) is 0 Å². The molecule has 4 heteroatoms. The predicted octanol–water partition coefficient (Wildman–Crippen LogP) is 2.74. The summed E-state index contributed by atoms with van der Waals surface area (Å²) in [5, 5.41) is 0. The lowest BCUT2D eigenvalue weighted by Gasteiger charge is -2.08. The fourth-order valence-electron chi connectivity index (χ4n) is 0.781. The molecule has 0 amide bonds. The number of rotatable bonds is 1. The molecule has 0 atom stereocenters. The lowest BCUT2D eigenvalue weighted by Crippen LogP contribution is -2.04. The van der Waals surface area contributed by atoms with Crippen LogP contribution in [0.4, 0.5) is 13.2 Å². The first-order valence-electron chi connectivity index (χ1n) is 3.18. The summed E-state index contributed by atoms with van der Waals surface area (Å²) in [7, 11) is 3.14. The topological polar surface area (TPSA) is 12.8 Å². The fourth-order valence-corrected chi connectivity index (χ4v) is 0.781. The summed E-state index contributed by atoms with van der Waals surface area (Å²) in [6.45, 7) is 0. The number of hydrogen-bond acceptors (Lipinski definition) is 0. The minimum Gasteiger partial charge on any atom is -0.722 e. The number of aliphatic hydroxyl groups is 1. The van der Waals surface area contributed by atoms with E-state index in [4.69, 9.17) is 0 Å². The summed E-state index contributed by atoms with van der Waals surface area (Å²) in [5.41, 5.74) is -0.701. The van der Waals surface area contributed by atoms with Crippen LogP contribution in [0.15, 0.2) is 24.3 Å². The van der Waals surface area contributed by atoms with Gasteiger partial charge in [0.05, 0.1) is 5.56 Å². The highest BCUT2D eigenvalue weighted by Gasteiger charge is 2.30. The molecular weight excluding hydrogens is 169 g/mol. The van der Waals surface area contributed by atoms with E-state index in [-0.39, 0.29) is 5.75 Å². The molecule has 0 spiro atoms. The van der Waals surface area contributed by atoms with E-state index in [1.807, 2.05) is 0 Å². The third-order valence-corrected chi connectivity index (χ3v) is 1.36. The Bertz CT molecular complexity index is 267. The number of halogens is 3. The fraction of sp³-hybridized carbons (Fsp3) is 0.125. The quantitative estimate of drug-likeness (QED) is 0.461. The zero-order valence-corrected chi connectivity index (χ0v) is 6.10. The van der Waals surface area contributed by atoms with Crippen LogP contribution in [-0.2, 0) is 6.18 Å². The summed E-state index contributed by atoms with van der Waals surface area (Å²) < 4.78 is 39.5. The van der Waals surface area contributed by atoms with Crippen molar-refractivity contribution >= 4 is 0 Å². The zero-order valence-electron chi connectivity index (χ0n) is 6.10. The minimum absolute atomic E-state index is 0.227. The number of hydrogen-bond donors (Lipinski definition) is 0. The van der Waals surface area contributed by atoms with E-state index in [2.05, 4.69) is 11.8 Å². The summed E-state index contributed by atoms with van der Waals surface area (Å²) in [5.74, 6) is 0.227. The van der Waals surface area contributed by atoms with Crippen molar-refractivity contribution in [2.24, 2.45) is 0 Å². The summed E-state index contributed by atoms with van der Waals surface area (Å²) in [6, 6.07) is 4.71. The Balaban J connectivity index is 3.02. The third-order valence-electron chi connectivity index (χ3n) is 1.36. The first-order chi connectivity index (χ1) is 5.54. The molecule has 0 heterocycles. The van der Waals surface area contributed by atoms with Crippen molar-refractivity contribution in [2.75, 3.05) is 0 Å². The molecule has 1 rings (SSSR count). The van der Waals surface area contributed by atoms with Crippen molar-refractivity contribution in [3.8, 4) is 5.75 Å². The van der Waals surface area contributed by atoms with Gasteiger partial charge in [-0.15, -0.1) is 0 Å². The highest BCUT2D eigenvalue weighted by atomic mass is 19.4. The first-order valence-corrected chi connectivity index (χ1v) is 3.18. The second-order valence-corrected chi connectivity index (χ2v) is 2.21. The molecule has 0 fully saturated rings. The van der Waals surface area contributed by atoms with Gasteiger partial charge in [0.1, 0.15) is 0 Å². The lowest BCUT2D eigenvalue weighted by atomic mass is 10.2. The summed E-state index contributed by atoms with van der Waals surface area (Å²) in [4.78, 5) is 0. The summed E-state index contributed by atoms with van der Waals surface area (Å²) in [6.07, 6.45) is -4.30. The zero-order chi connectivity index (χ0) is 9.19. The largest absolute Gasteiger partial charge is 0.722 e. The first kappa shape index (κ1) is 8.90. The number of ether oxygens (including phenoxy) is 1. The normalized spacial score (nSPS) is 11.3. The van der Waals surface area contributed by atoms with Crippen molar-refractivity contribution < 1.29 is 17.9 Å². The average molecular weight is 176 g/mol. The molecule has 0 aromatic heterocycles. The van der Waals surface area contributed by atoms with Crippen molar-refractivity contribution in [3.63, 3.8) is 0 Å². The smallest absolute Gasteiger partial charge is 0.416 e. The van der Waals surface area contributed by atoms with Crippen molar-refractivity contribution in [3.05, 3.63) is 36.9 Å². The van der Waals surface area contributed by atoms with E-state index in [1.54, 1.807) is 0 Å². The Hall–Kier alpha value is -1.19. The van der Waals surface area contributed by atoms with Crippen LogP contribution in [0, 0.1) is 7.11 Å². The van der Waals surface area contributed by atoms with Gasteiger partial charge in [0.15, 0.2) is 0 Å². The monoisotopic (exact) mass is 176 g/mol. The number of alkyl halides is 3. The predicted molar refractivity (Wildman–Crippen MR) is 38.5 cm³/mol. The molecule has 1 nitrogen and oxygen atoms in total. The molecule has 1 aromatic rings. The van der Waals surface area contributed by atoms with E-state index in [1.165, 1.54) is 12.1 Å². The van der Waals surface area contributed by atoms with Crippen molar-refractivity contribution in [1.82, 2.24) is 0 Å². The van der Waals surface area contributed by atoms with Gasteiger partial charge < -0.3 is 4.74 Å². The molecule has 0 bridgehead atoms. The molecule has 0 aliphatic rings. The maximum absolute atomic E-state index is 12.0. The van der Waals surface area contributed by atoms with Crippen LogP contribution >= 0.6 is 0 Å². The Kier molecular flexibility index (Phi) is 2.26. The van der Waals surface area contributed by atoms with Crippen LogP contribution in [0.2, 0.25) is 0 Å². The van der Waals surface area contributed by atoms with Crippen LogP contribution in [0.25, 0.3) is 0 Å². The van der Waals surface area contributed by atoms with E-state index >= 15 is 0 Å². The van der Waals surface area contributed by atoms with Crippen LogP contribution in [0.5, 0.6) is 5.75 Å². The van der Waals surface area contributed by atoms with Crippen LogP contribution < -0.4 is 0 Å². The van der Waals surface area contributed by atoms with Gasteiger partial charge in [0.2, 0.25) is 5.75 Å². The maximum atomic E-state index is 12.0. The molecule has 1 aromatic carbocycles. The lowest BCUT2D eigenvalue weighted by molar-refractivity contribution is -0.137. The van der Waals surface area contributed by atoms with E-state index < -0.39 is 11.7 Å². The van der Waals surface area contributed by atoms with Gasteiger partial charge in [-0.3, -0.25) is 0 Å². The summed E-state index contributed by atoms with van der Waals surface area (Å²) >= 11 is 0. The third kappa shape index (κ3) is 1.90. The molecule has 0 saturated carbocycles. The number of aromatic hydroxyl groups is 1. The van der Waals surface area contributed by atoms with Gasteiger partial charge in [-0.1, -0.05) is 6.07 Å². The van der Waals surface area contributed by atoms with E-state index in [0.717, 1.165) is 12.1 Å². The van der Waals surface area contributed by atoms with Gasteiger partial charge >= 0.3 is 6.18 Å². The van der Waals surface area contributed by atoms with Gasteiger partial charge in [0.25, 0.3) is 0 Å². The second kappa shape index (κ2) is 3.05. The Morgan fingerprint density at radius 2 is 1.92 bits per heavy atom. The second-order valence-electron chi connectivity index (χ2n) is 2.21. The molecule has 66 valence electrons. The number of benzene rings is 1. The molecule has 1 N–H and O–H groups in total. The minimum atomic E-state index is -4.30. The van der Waals surface area contributed by atoms with Crippen molar-refractivity contribution in [2.45, 2.75) is 6.18 Å². The van der Waals surface area contributed by atoms with Crippen LogP contribution in [-0.4, -0.2) is 4.74 Å². The molecule has 0 aliphatic heterocycles. The molecule has 0 saturated heterocycles. The molecular formula is C8H7F3O. The molecule has 0 aliphatic carbocycles. The Morgan fingerprint density at radius 3 is 2.42 bits per heavy atom. The molecule has 0 unspecified atom stereocenters.